The standard InChI is InChI=1S/C21H20N2O2/c1-21(2)11-15-10-14(6-7-17(15)19(21)23-20(24)25)16-5-3-4-13-8-9-22-12-18(13)16/h3-10,12,19,23H,11H2,1-2H3,(H,24,25). The third kappa shape index (κ3) is 2.64. The van der Waals surface area contributed by atoms with Crippen molar-refractivity contribution in [2.24, 2.45) is 5.41 Å². The molecule has 0 fully saturated rings. The molecule has 0 aliphatic heterocycles. The molecule has 1 unspecified atom stereocenters. The van der Waals surface area contributed by atoms with Crippen molar-refractivity contribution in [2.45, 2.75) is 26.3 Å². The van der Waals surface area contributed by atoms with Crippen molar-refractivity contribution in [1.29, 1.82) is 0 Å². The lowest BCUT2D eigenvalue weighted by atomic mass is 9.85. The zero-order valence-corrected chi connectivity index (χ0v) is 14.3. The number of hydrogen-bond acceptors (Lipinski definition) is 2. The lowest BCUT2D eigenvalue weighted by Gasteiger charge is -2.27. The number of hydrogen-bond donors (Lipinski definition) is 2. The van der Waals surface area contributed by atoms with E-state index in [0.717, 1.165) is 28.5 Å². The molecule has 1 aliphatic carbocycles. The molecule has 0 saturated carbocycles. The van der Waals surface area contributed by atoms with Crippen LogP contribution < -0.4 is 5.32 Å². The third-order valence-electron chi connectivity index (χ3n) is 5.14. The minimum absolute atomic E-state index is 0.139. The van der Waals surface area contributed by atoms with Gasteiger partial charge in [0.2, 0.25) is 0 Å². The largest absolute Gasteiger partial charge is 0.465 e. The summed E-state index contributed by atoms with van der Waals surface area (Å²) in [7, 11) is 0. The zero-order valence-electron chi connectivity index (χ0n) is 14.3. The van der Waals surface area contributed by atoms with Crippen molar-refractivity contribution in [2.75, 3.05) is 0 Å². The van der Waals surface area contributed by atoms with E-state index in [2.05, 4.69) is 60.5 Å². The van der Waals surface area contributed by atoms with E-state index >= 15 is 0 Å². The molecule has 2 N–H and O–H groups in total. The first-order chi connectivity index (χ1) is 12.0. The number of pyridine rings is 1. The Balaban J connectivity index is 1.82. The summed E-state index contributed by atoms with van der Waals surface area (Å²) in [5.74, 6) is 0. The summed E-state index contributed by atoms with van der Waals surface area (Å²) in [4.78, 5) is 15.4. The van der Waals surface area contributed by atoms with Gasteiger partial charge < -0.3 is 10.4 Å². The molecule has 4 rings (SSSR count). The second kappa shape index (κ2) is 5.59. The van der Waals surface area contributed by atoms with Crippen LogP contribution >= 0.6 is 0 Å². The highest BCUT2D eigenvalue weighted by atomic mass is 16.4. The summed E-state index contributed by atoms with van der Waals surface area (Å²) in [6, 6.07) is 14.4. The highest BCUT2D eigenvalue weighted by Crippen LogP contribution is 2.46. The molecule has 1 aliphatic rings. The molecule has 0 radical (unpaired) electrons. The molecule has 0 bridgehead atoms. The maximum atomic E-state index is 11.2. The maximum absolute atomic E-state index is 11.2. The number of fused-ring (bicyclic) bond motifs is 2. The fourth-order valence-corrected chi connectivity index (χ4v) is 3.98. The van der Waals surface area contributed by atoms with E-state index in [9.17, 15) is 4.79 Å². The van der Waals surface area contributed by atoms with E-state index in [1.165, 1.54) is 10.9 Å². The highest BCUT2D eigenvalue weighted by molar-refractivity contribution is 5.96. The van der Waals surface area contributed by atoms with E-state index in [4.69, 9.17) is 5.11 Å². The van der Waals surface area contributed by atoms with E-state index < -0.39 is 6.09 Å². The average molecular weight is 332 g/mol. The summed E-state index contributed by atoms with van der Waals surface area (Å²) < 4.78 is 0. The molecule has 3 aromatic rings. The second-order valence-corrected chi connectivity index (χ2v) is 7.36. The van der Waals surface area contributed by atoms with Crippen LogP contribution in [0.4, 0.5) is 4.79 Å². The Morgan fingerprint density at radius 2 is 2.08 bits per heavy atom. The van der Waals surface area contributed by atoms with Crippen molar-refractivity contribution < 1.29 is 9.90 Å². The van der Waals surface area contributed by atoms with Crippen LogP contribution in [-0.4, -0.2) is 16.2 Å². The highest BCUT2D eigenvalue weighted by Gasteiger charge is 2.40. The van der Waals surface area contributed by atoms with Gasteiger partial charge in [-0.25, -0.2) is 4.79 Å². The minimum Gasteiger partial charge on any atom is -0.465 e. The molecule has 1 amide bonds. The van der Waals surface area contributed by atoms with Crippen LogP contribution in [0.5, 0.6) is 0 Å². The Bertz CT molecular complexity index is 973. The van der Waals surface area contributed by atoms with Crippen LogP contribution in [0, 0.1) is 5.41 Å². The van der Waals surface area contributed by atoms with E-state index in [1.54, 1.807) is 6.20 Å². The first-order valence-corrected chi connectivity index (χ1v) is 8.41. The Kier molecular flexibility index (Phi) is 3.49. The molecule has 1 heterocycles. The Morgan fingerprint density at radius 1 is 1.24 bits per heavy atom. The first kappa shape index (κ1) is 15.6. The van der Waals surface area contributed by atoms with Gasteiger partial charge in [0.15, 0.2) is 0 Å². The third-order valence-corrected chi connectivity index (χ3v) is 5.14. The number of nitrogens with zero attached hydrogens (tertiary/aromatic N) is 1. The Morgan fingerprint density at radius 3 is 2.88 bits per heavy atom. The summed E-state index contributed by atoms with van der Waals surface area (Å²) in [5, 5.41) is 14.1. The SMILES string of the molecule is CC1(C)Cc2cc(-c3cccc4ccncc34)ccc2C1NC(=O)O. The monoisotopic (exact) mass is 332 g/mol. The first-order valence-electron chi connectivity index (χ1n) is 8.41. The fourth-order valence-electron chi connectivity index (χ4n) is 3.98. The second-order valence-electron chi connectivity index (χ2n) is 7.36. The molecular formula is C21H20N2O2. The van der Waals surface area contributed by atoms with Gasteiger partial charge in [-0.2, -0.15) is 0 Å². The molecule has 1 atom stereocenters. The van der Waals surface area contributed by atoms with Crippen LogP contribution in [0.1, 0.15) is 31.0 Å². The maximum Gasteiger partial charge on any atom is 0.405 e. The topological polar surface area (TPSA) is 62.2 Å². The van der Waals surface area contributed by atoms with Gasteiger partial charge in [-0.05, 0) is 45.5 Å². The predicted molar refractivity (Wildman–Crippen MR) is 98.6 cm³/mol. The van der Waals surface area contributed by atoms with E-state index in [-0.39, 0.29) is 11.5 Å². The molecular weight excluding hydrogens is 312 g/mol. The normalized spacial score (nSPS) is 18.1. The molecule has 25 heavy (non-hydrogen) atoms. The van der Waals surface area contributed by atoms with Gasteiger partial charge >= 0.3 is 6.09 Å². The van der Waals surface area contributed by atoms with Crippen LogP contribution in [0.15, 0.2) is 54.9 Å². The molecule has 2 aromatic carbocycles. The molecule has 4 heteroatoms. The van der Waals surface area contributed by atoms with Crippen LogP contribution in [0.3, 0.4) is 0 Å². The molecule has 126 valence electrons. The van der Waals surface area contributed by atoms with Crippen molar-refractivity contribution in [3.05, 3.63) is 66.0 Å². The number of rotatable bonds is 2. The Hall–Kier alpha value is -2.88. The van der Waals surface area contributed by atoms with Gasteiger partial charge in [-0.15, -0.1) is 0 Å². The summed E-state index contributed by atoms with van der Waals surface area (Å²) in [5.41, 5.74) is 4.45. The van der Waals surface area contributed by atoms with E-state index in [1.807, 2.05) is 12.3 Å². The number of nitrogens with one attached hydrogen (secondary N) is 1. The average Bonchev–Trinajstić information content (AvgIpc) is 2.83. The van der Waals surface area contributed by atoms with Crippen molar-refractivity contribution in [1.82, 2.24) is 10.3 Å². The number of carboxylic acid groups (broad SMARTS) is 1. The van der Waals surface area contributed by atoms with Gasteiger partial charge in [0.1, 0.15) is 0 Å². The Labute approximate surface area is 146 Å². The minimum atomic E-state index is -0.977. The number of carbonyl (C=O) groups is 1. The molecule has 4 nitrogen and oxygen atoms in total. The van der Waals surface area contributed by atoms with Crippen molar-refractivity contribution in [3.63, 3.8) is 0 Å². The number of aromatic nitrogens is 1. The molecule has 0 saturated heterocycles. The van der Waals surface area contributed by atoms with Gasteiger partial charge in [-0.3, -0.25) is 4.98 Å². The zero-order chi connectivity index (χ0) is 17.6. The summed E-state index contributed by atoms with van der Waals surface area (Å²) in [6.07, 6.45) is 3.58. The number of amides is 1. The number of benzene rings is 2. The fraction of sp³-hybridized carbons (Fsp3) is 0.238. The lowest BCUT2D eigenvalue weighted by molar-refractivity contribution is 0.175. The van der Waals surface area contributed by atoms with Crippen LogP contribution in [0.25, 0.3) is 21.9 Å². The van der Waals surface area contributed by atoms with Gasteiger partial charge in [-0.1, -0.05) is 50.2 Å². The van der Waals surface area contributed by atoms with Crippen molar-refractivity contribution >= 4 is 16.9 Å². The summed E-state index contributed by atoms with van der Waals surface area (Å²) >= 11 is 0. The molecule has 1 aromatic heterocycles. The van der Waals surface area contributed by atoms with Crippen molar-refractivity contribution in [3.8, 4) is 11.1 Å². The summed E-state index contributed by atoms with van der Waals surface area (Å²) in [6.45, 7) is 4.21. The van der Waals surface area contributed by atoms with Crippen LogP contribution in [0.2, 0.25) is 0 Å². The predicted octanol–water partition coefficient (Wildman–Crippen LogP) is 4.79. The van der Waals surface area contributed by atoms with Gasteiger partial charge in [0.05, 0.1) is 6.04 Å². The van der Waals surface area contributed by atoms with E-state index in [0.29, 0.717) is 0 Å². The smallest absolute Gasteiger partial charge is 0.405 e. The quantitative estimate of drug-likeness (QED) is 0.709. The molecule has 0 spiro atoms. The lowest BCUT2D eigenvalue weighted by Crippen LogP contribution is -2.34. The van der Waals surface area contributed by atoms with Gasteiger partial charge in [0.25, 0.3) is 0 Å². The van der Waals surface area contributed by atoms with Gasteiger partial charge in [0, 0.05) is 17.8 Å². The van der Waals surface area contributed by atoms with Crippen LogP contribution in [-0.2, 0) is 6.42 Å².